The highest BCUT2D eigenvalue weighted by Gasteiger charge is 2.55. The topological polar surface area (TPSA) is 58.1 Å². The molecule has 5 nitrogen and oxygen atoms in total. The van der Waals surface area contributed by atoms with Gasteiger partial charge in [0.2, 0.25) is 5.91 Å². The van der Waals surface area contributed by atoms with Crippen LogP contribution in [0, 0.1) is 17.8 Å². The number of para-hydroxylation sites is 1. The number of benzene rings is 1. The molecule has 1 aliphatic carbocycles. The van der Waals surface area contributed by atoms with E-state index in [0.717, 1.165) is 54.9 Å². The van der Waals surface area contributed by atoms with Crippen molar-refractivity contribution < 1.29 is 4.79 Å². The van der Waals surface area contributed by atoms with Crippen molar-refractivity contribution in [2.24, 2.45) is 17.8 Å². The summed E-state index contributed by atoms with van der Waals surface area (Å²) < 4.78 is 0. The van der Waals surface area contributed by atoms with Crippen molar-refractivity contribution in [2.75, 3.05) is 24.5 Å². The normalized spacial score (nSPS) is 22.8. The maximum Gasteiger partial charge on any atom is 0.244 e. The van der Waals surface area contributed by atoms with Crippen molar-refractivity contribution >= 4 is 28.6 Å². The van der Waals surface area contributed by atoms with Crippen LogP contribution < -0.4 is 10.2 Å². The van der Waals surface area contributed by atoms with E-state index >= 15 is 0 Å². The van der Waals surface area contributed by atoms with E-state index < -0.39 is 0 Å². The second-order valence-corrected chi connectivity index (χ2v) is 7.94. The van der Waals surface area contributed by atoms with Gasteiger partial charge in [-0.1, -0.05) is 24.3 Å². The molecular formula is C24H24N4O. The first kappa shape index (κ1) is 17.9. The van der Waals surface area contributed by atoms with E-state index in [4.69, 9.17) is 0 Å². The lowest BCUT2D eigenvalue weighted by atomic mass is 10.1. The van der Waals surface area contributed by atoms with Crippen LogP contribution in [0.3, 0.4) is 0 Å². The Labute approximate surface area is 170 Å². The molecule has 0 bridgehead atoms. The first-order valence-electron chi connectivity index (χ1n) is 10.2. The van der Waals surface area contributed by atoms with Crippen molar-refractivity contribution in [1.29, 1.82) is 0 Å². The van der Waals surface area contributed by atoms with Crippen molar-refractivity contribution in [2.45, 2.75) is 6.42 Å². The molecule has 2 aliphatic rings. The van der Waals surface area contributed by atoms with Gasteiger partial charge in [-0.15, -0.1) is 0 Å². The van der Waals surface area contributed by atoms with E-state index in [1.165, 1.54) is 11.1 Å². The average Bonchev–Trinajstić information content (AvgIpc) is 3.21. The predicted molar refractivity (Wildman–Crippen MR) is 115 cm³/mol. The molecule has 5 heteroatoms. The summed E-state index contributed by atoms with van der Waals surface area (Å²) >= 11 is 0. The molecular weight excluding hydrogens is 360 g/mol. The van der Waals surface area contributed by atoms with Gasteiger partial charge in [0.15, 0.2) is 0 Å². The van der Waals surface area contributed by atoms with Gasteiger partial charge in [0, 0.05) is 55.4 Å². The second kappa shape index (κ2) is 7.66. The zero-order chi connectivity index (χ0) is 19.6. The number of amides is 1. The van der Waals surface area contributed by atoms with Crippen LogP contribution in [0.1, 0.15) is 12.0 Å². The zero-order valence-corrected chi connectivity index (χ0v) is 16.2. The molecule has 1 N–H and O–H groups in total. The summed E-state index contributed by atoms with van der Waals surface area (Å²) in [5.74, 6) is 2.21. The summed E-state index contributed by atoms with van der Waals surface area (Å²) in [5, 5.41) is 4.25. The molecule has 2 fully saturated rings. The van der Waals surface area contributed by atoms with Gasteiger partial charge >= 0.3 is 0 Å². The third kappa shape index (κ3) is 3.73. The van der Waals surface area contributed by atoms with Gasteiger partial charge in [0.1, 0.15) is 0 Å². The van der Waals surface area contributed by atoms with Crippen LogP contribution in [0.2, 0.25) is 0 Å². The maximum atomic E-state index is 12.0. The molecule has 0 spiro atoms. The third-order valence-electron chi connectivity index (χ3n) is 6.23. The quantitative estimate of drug-likeness (QED) is 0.661. The van der Waals surface area contributed by atoms with E-state index in [1.54, 1.807) is 24.5 Å². The van der Waals surface area contributed by atoms with E-state index in [2.05, 4.69) is 44.5 Å². The molecule has 1 amide bonds. The summed E-state index contributed by atoms with van der Waals surface area (Å²) in [6.45, 7) is 2.96. The minimum absolute atomic E-state index is 0.0375. The van der Waals surface area contributed by atoms with Crippen molar-refractivity contribution in [3.8, 4) is 0 Å². The van der Waals surface area contributed by atoms with Crippen LogP contribution in [0.4, 0.5) is 5.69 Å². The molecule has 5 rings (SSSR count). The molecule has 2 unspecified atom stereocenters. The molecule has 0 radical (unpaired) electrons. The number of pyridine rings is 2. The van der Waals surface area contributed by atoms with E-state index in [1.807, 2.05) is 24.4 Å². The Bertz CT molecular complexity index is 1030. The first-order chi connectivity index (χ1) is 14.3. The highest BCUT2D eigenvalue weighted by Crippen LogP contribution is 2.54. The number of anilines is 1. The maximum absolute atomic E-state index is 12.0. The van der Waals surface area contributed by atoms with E-state index in [9.17, 15) is 4.79 Å². The minimum Gasteiger partial charge on any atom is -0.370 e. The Morgan fingerprint density at radius 2 is 1.97 bits per heavy atom. The Morgan fingerprint density at radius 1 is 1.10 bits per heavy atom. The number of piperidine rings is 1. The summed E-state index contributed by atoms with van der Waals surface area (Å²) in [5.41, 5.74) is 3.29. The fourth-order valence-electron chi connectivity index (χ4n) is 4.70. The lowest BCUT2D eigenvalue weighted by Crippen LogP contribution is -2.26. The molecule has 1 aromatic carbocycles. The first-order valence-corrected chi connectivity index (χ1v) is 10.2. The SMILES string of the molecule is O=C(/C=C/c1cccnc1)NCCC1C2CN(c3ccnc4ccccc34)CC12. The Kier molecular flexibility index (Phi) is 4.72. The molecule has 3 heterocycles. The number of hydrogen-bond acceptors (Lipinski definition) is 4. The number of carbonyl (C=O) groups excluding carboxylic acids is 1. The summed E-state index contributed by atoms with van der Waals surface area (Å²) in [4.78, 5) is 23.0. The van der Waals surface area contributed by atoms with Gasteiger partial charge < -0.3 is 10.2 Å². The molecule has 1 saturated heterocycles. The third-order valence-corrected chi connectivity index (χ3v) is 6.23. The van der Waals surface area contributed by atoms with Gasteiger partial charge in [0.05, 0.1) is 5.52 Å². The number of nitrogens with one attached hydrogen (secondary N) is 1. The lowest BCUT2D eigenvalue weighted by Gasteiger charge is -2.23. The monoisotopic (exact) mass is 384 g/mol. The Morgan fingerprint density at radius 3 is 2.79 bits per heavy atom. The van der Waals surface area contributed by atoms with Crippen LogP contribution >= 0.6 is 0 Å². The van der Waals surface area contributed by atoms with E-state index in [0.29, 0.717) is 0 Å². The lowest BCUT2D eigenvalue weighted by molar-refractivity contribution is -0.116. The van der Waals surface area contributed by atoms with Gasteiger partial charge in [-0.3, -0.25) is 14.8 Å². The predicted octanol–water partition coefficient (Wildman–Crippen LogP) is 3.53. The van der Waals surface area contributed by atoms with Crippen LogP contribution in [0.5, 0.6) is 0 Å². The molecule has 29 heavy (non-hydrogen) atoms. The largest absolute Gasteiger partial charge is 0.370 e. The van der Waals surface area contributed by atoms with Gasteiger partial charge in [-0.05, 0) is 54.0 Å². The second-order valence-electron chi connectivity index (χ2n) is 7.94. The molecule has 146 valence electrons. The van der Waals surface area contributed by atoms with Gasteiger partial charge in [0.25, 0.3) is 0 Å². The number of hydrogen-bond donors (Lipinski definition) is 1. The highest BCUT2D eigenvalue weighted by atomic mass is 16.1. The van der Waals surface area contributed by atoms with Gasteiger partial charge in [-0.25, -0.2) is 0 Å². The molecule has 2 aromatic heterocycles. The van der Waals surface area contributed by atoms with Crippen molar-refractivity contribution in [3.05, 3.63) is 72.7 Å². The summed E-state index contributed by atoms with van der Waals surface area (Å²) in [6.07, 6.45) is 9.82. The smallest absolute Gasteiger partial charge is 0.244 e. The molecule has 3 aromatic rings. The standard InChI is InChI=1S/C24H24N4O/c29-24(8-7-17-4-3-11-25-14-17)27-12-9-18-20-15-28(16-21(18)20)23-10-13-26-22-6-2-1-5-19(22)23/h1-8,10-11,13-14,18,20-21H,9,12,15-16H2,(H,27,29)/b8-7+. The van der Waals surface area contributed by atoms with Gasteiger partial charge in [-0.2, -0.15) is 0 Å². The van der Waals surface area contributed by atoms with Crippen LogP contribution in [0.15, 0.2) is 67.1 Å². The average molecular weight is 384 g/mol. The number of rotatable bonds is 6. The fourth-order valence-corrected chi connectivity index (χ4v) is 4.70. The van der Waals surface area contributed by atoms with E-state index in [-0.39, 0.29) is 5.91 Å². The number of fused-ring (bicyclic) bond motifs is 2. The Hall–Kier alpha value is -3.21. The number of aromatic nitrogens is 2. The minimum atomic E-state index is -0.0375. The van der Waals surface area contributed by atoms with Crippen LogP contribution in [-0.2, 0) is 4.79 Å². The Balaban J connectivity index is 1.10. The number of carbonyl (C=O) groups is 1. The molecule has 1 saturated carbocycles. The highest BCUT2D eigenvalue weighted by molar-refractivity contribution is 5.92. The summed E-state index contributed by atoms with van der Waals surface area (Å²) in [7, 11) is 0. The van der Waals surface area contributed by atoms with Crippen molar-refractivity contribution in [3.63, 3.8) is 0 Å². The zero-order valence-electron chi connectivity index (χ0n) is 16.2. The van der Waals surface area contributed by atoms with Crippen LogP contribution in [0.25, 0.3) is 17.0 Å². The summed E-state index contributed by atoms with van der Waals surface area (Å²) in [6, 6.07) is 14.3. The van der Waals surface area contributed by atoms with Crippen LogP contribution in [-0.4, -0.2) is 35.5 Å². The number of nitrogens with zero attached hydrogens (tertiary/aromatic N) is 3. The molecule has 2 atom stereocenters. The fraction of sp³-hybridized carbons (Fsp3) is 0.292. The molecule has 1 aliphatic heterocycles. The van der Waals surface area contributed by atoms with Crippen molar-refractivity contribution in [1.82, 2.24) is 15.3 Å².